The summed E-state index contributed by atoms with van der Waals surface area (Å²) in [6.07, 6.45) is 7.73. The maximum atomic E-state index is 15.0. The minimum atomic E-state index is -0.467. The summed E-state index contributed by atoms with van der Waals surface area (Å²) in [5, 5.41) is 2.79. The molecule has 0 spiro atoms. The van der Waals surface area contributed by atoms with Gasteiger partial charge in [-0.05, 0) is 36.4 Å². The maximum Gasteiger partial charge on any atom is 0.257 e. The number of nitrogens with one attached hydrogen (secondary N) is 1. The van der Waals surface area contributed by atoms with Crippen molar-refractivity contribution in [1.29, 1.82) is 0 Å². The molecule has 1 aliphatic heterocycles. The maximum absolute atomic E-state index is 15.0. The normalized spacial score (nSPS) is 13.4. The number of carbonyl (C=O) groups excluding carboxylic acids is 1. The van der Waals surface area contributed by atoms with Gasteiger partial charge in [-0.2, -0.15) is 0 Å². The molecule has 1 amide bonds. The van der Waals surface area contributed by atoms with Crippen LogP contribution in [0.1, 0.15) is 10.4 Å². The molecule has 6 rings (SSSR count). The standard InChI is InChI=1S/C27H22FN9O2/c28-21-4-3-19(34-26(38)16-2-1-5-30-12-16)11-20(21)17-10-22-23(31-13-17)25(37-6-8-39-9-7-37)36-24(35-22)18-14-32-27(29)33-15-18/h1-5,10-15H,6-9H2,(H,34,38)(H2,29,32,33). The molecule has 0 unspecified atom stereocenters. The van der Waals surface area contributed by atoms with Gasteiger partial charge in [-0.3, -0.25) is 14.8 Å². The molecule has 0 radical (unpaired) electrons. The Hall–Kier alpha value is -5.10. The minimum absolute atomic E-state index is 0.142. The second kappa shape index (κ2) is 10.3. The van der Waals surface area contributed by atoms with E-state index in [1.165, 1.54) is 18.3 Å². The van der Waals surface area contributed by atoms with Crippen LogP contribution in [0.15, 0.2) is 67.4 Å². The van der Waals surface area contributed by atoms with Gasteiger partial charge in [-0.25, -0.2) is 24.3 Å². The Balaban J connectivity index is 1.42. The number of carbonyl (C=O) groups is 1. The van der Waals surface area contributed by atoms with Crippen LogP contribution in [0.4, 0.5) is 21.8 Å². The van der Waals surface area contributed by atoms with Crippen LogP contribution in [0.3, 0.4) is 0 Å². The number of nitrogens with zero attached hydrogens (tertiary/aromatic N) is 7. The second-order valence-corrected chi connectivity index (χ2v) is 8.78. The molecule has 0 saturated carbocycles. The lowest BCUT2D eigenvalue weighted by Crippen LogP contribution is -2.37. The van der Waals surface area contributed by atoms with Crippen molar-refractivity contribution in [1.82, 2.24) is 29.9 Å². The van der Waals surface area contributed by atoms with Crippen LogP contribution in [-0.4, -0.2) is 62.1 Å². The second-order valence-electron chi connectivity index (χ2n) is 8.78. The van der Waals surface area contributed by atoms with E-state index in [4.69, 9.17) is 20.4 Å². The highest BCUT2D eigenvalue weighted by Crippen LogP contribution is 2.32. The number of aromatic nitrogens is 6. The van der Waals surface area contributed by atoms with E-state index in [0.717, 1.165) is 0 Å². The van der Waals surface area contributed by atoms with E-state index in [1.807, 2.05) is 0 Å². The number of rotatable bonds is 5. The molecular weight excluding hydrogens is 501 g/mol. The number of fused-ring (bicyclic) bond motifs is 1. The highest BCUT2D eigenvalue weighted by atomic mass is 19.1. The van der Waals surface area contributed by atoms with E-state index in [2.05, 4.69) is 30.2 Å². The number of pyridine rings is 2. The zero-order chi connectivity index (χ0) is 26.8. The average Bonchev–Trinajstić information content (AvgIpc) is 2.98. The first kappa shape index (κ1) is 24.2. The number of anilines is 3. The Morgan fingerprint density at radius 2 is 1.77 bits per heavy atom. The van der Waals surface area contributed by atoms with Gasteiger partial charge in [0.2, 0.25) is 5.95 Å². The number of morpholine rings is 1. The van der Waals surface area contributed by atoms with Crippen molar-refractivity contribution in [3.05, 3.63) is 78.8 Å². The Kier molecular flexibility index (Phi) is 6.43. The molecular formula is C27H22FN9O2. The Morgan fingerprint density at radius 1 is 0.974 bits per heavy atom. The summed E-state index contributed by atoms with van der Waals surface area (Å²) in [7, 11) is 0. The van der Waals surface area contributed by atoms with Gasteiger partial charge < -0.3 is 20.7 Å². The zero-order valence-electron chi connectivity index (χ0n) is 20.6. The number of hydrogen-bond donors (Lipinski definition) is 2. The highest BCUT2D eigenvalue weighted by molar-refractivity contribution is 6.04. The summed E-state index contributed by atoms with van der Waals surface area (Å²) in [6, 6.07) is 9.43. The van der Waals surface area contributed by atoms with E-state index < -0.39 is 5.82 Å². The number of halogens is 1. The van der Waals surface area contributed by atoms with Crippen molar-refractivity contribution in [3.63, 3.8) is 0 Å². The van der Waals surface area contributed by atoms with Gasteiger partial charge in [-0.1, -0.05) is 0 Å². The summed E-state index contributed by atoms with van der Waals surface area (Å²) >= 11 is 0. The topological polar surface area (TPSA) is 145 Å². The molecule has 0 aliphatic carbocycles. The summed E-state index contributed by atoms with van der Waals surface area (Å²) in [4.78, 5) is 40.9. The molecule has 194 valence electrons. The SMILES string of the molecule is Nc1ncc(-c2nc(N3CCOCC3)c3ncc(-c4cc(NC(=O)c5cccnc5)ccc4F)cc3n2)cn1. The quantitative estimate of drug-likeness (QED) is 0.352. The molecule has 5 aromatic rings. The first-order valence-electron chi connectivity index (χ1n) is 12.1. The fourth-order valence-electron chi connectivity index (χ4n) is 4.25. The third kappa shape index (κ3) is 5.05. The molecule has 3 N–H and O–H groups in total. The Labute approximate surface area is 222 Å². The Bertz CT molecular complexity index is 1660. The first-order valence-corrected chi connectivity index (χ1v) is 12.1. The molecule has 1 aromatic carbocycles. The number of ether oxygens (including phenoxy) is 1. The molecule has 0 bridgehead atoms. The molecule has 1 saturated heterocycles. The summed E-state index contributed by atoms with van der Waals surface area (Å²) in [6.45, 7) is 2.40. The van der Waals surface area contributed by atoms with Gasteiger partial charge in [0.15, 0.2) is 11.6 Å². The van der Waals surface area contributed by atoms with Gasteiger partial charge in [0.05, 0.1) is 29.9 Å². The largest absolute Gasteiger partial charge is 0.378 e. The van der Waals surface area contributed by atoms with Crippen LogP contribution in [0.5, 0.6) is 0 Å². The van der Waals surface area contributed by atoms with E-state index in [9.17, 15) is 4.79 Å². The molecule has 5 heterocycles. The van der Waals surface area contributed by atoms with Crippen molar-refractivity contribution >= 4 is 34.4 Å². The summed E-state index contributed by atoms with van der Waals surface area (Å²) in [5.41, 5.74) is 8.89. The average molecular weight is 524 g/mol. The third-order valence-corrected chi connectivity index (χ3v) is 6.22. The van der Waals surface area contributed by atoms with Crippen LogP contribution in [0, 0.1) is 5.82 Å². The molecule has 12 heteroatoms. The van der Waals surface area contributed by atoms with Crippen LogP contribution in [-0.2, 0) is 4.74 Å². The van der Waals surface area contributed by atoms with E-state index in [-0.39, 0.29) is 17.4 Å². The van der Waals surface area contributed by atoms with Crippen LogP contribution < -0.4 is 16.0 Å². The van der Waals surface area contributed by atoms with Crippen molar-refractivity contribution in [3.8, 4) is 22.5 Å². The van der Waals surface area contributed by atoms with Crippen LogP contribution >= 0.6 is 0 Å². The molecule has 11 nitrogen and oxygen atoms in total. The number of benzene rings is 1. The van der Waals surface area contributed by atoms with Crippen LogP contribution in [0.2, 0.25) is 0 Å². The summed E-state index contributed by atoms with van der Waals surface area (Å²) in [5.74, 6) is 0.351. The predicted molar refractivity (Wildman–Crippen MR) is 143 cm³/mol. The van der Waals surface area contributed by atoms with E-state index in [0.29, 0.717) is 71.4 Å². The molecule has 39 heavy (non-hydrogen) atoms. The predicted octanol–water partition coefficient (Wildman–Crippen LogP) is 3.35. The molecule has 1 fully saturated rings. The van der Waals surface area contributed by atoms with Gasteiger partial charge >= 0.3 is 0 Å². The van der Waals surface area contributed by atoms with Gasteiger partial charge in [-0.15, -0.1) is 0 Å². The van der Waals surface area contributed by atoms with Crippen molar-refractivity contribution < 1.29 is 13.9 Å². The smallest absolute Gasteiger partial charge is 0.257 e. The minimum Gasteiger partial charge on any atom is -0.378 e. The van der Waals surface area contributed by atoms with Gasteiger partial charge in [0.1, 0.15) is 11.3 Å². The van der Waals surface area contributed by atoms with E-state index >= 15 is 4.39 Å². The first-order chi connectivity index (χ1) is 19.0. The van der Waals surface area contributed by atoms with Gasteiger partial charge in [0.25, 0.3) is 5.91 Å². The zero-order valence-corrected chi connectivity index (χ0v) is 20.6. The number of nitrogens with two attached hydrogens (primary N) is 1. The van der Waals surface area contributed by atoms with Crippen LogP contribution in [0.25, 0.3) is 33.5 Å². The summed E-state index contributed by atoms with van der Waals surface area (Å²) < 4.78 is 20.5. The molecule has 0 atom stereocenters. The van der Waals surface area contributed by atoms with Gasteiger partial charge in [0, 0.05) is 60.9 Å². The number of nitrogen functional groups attached to an aromatic ring is 1. The van der Waals surface area contributed by atoms with Crippen molar-refractivity contribution in [2.24, 2.45) is 0 Å². The Morgan fingerprint density at radius 3 is 2.54 bits per heavy atom. The molecule has 1 aliphatic rings. The lowest BCUT2D eigenvalue weighted by atomic mass is 10.1. The highest BCUT2D eigenvalue weighted by Gasteiger charge is 2.20. The monoisotopic (exact) mass is 523 g/mol. The van der Waals surface area contributed by atoms with Crippen molar-refractivity contribution in [2.45, 2.75) is 0 Å². The molecule has 4 aromatic heterocycles. The van der Waals surface area contributed by atoms with Crippen molar-refractivity contribution in [2.75, 3.05) is 42.3 Å². The fraction of sp³-hybridized carbons (Fsp3) is 0.148. The fourth-order valence-corrected chi connectivity index (χ4v) is 4.25. The number of hydrogen-bond acceptors (Lipinski definition) is 10. The number of amides is 1. The third-order valence-electron chi connectivity index (χ3n) is 6.22. The lowest BCUT2D eigenvalue weighted by molar-refractivity contribution is 0.102. The lowest BCUT2D eigenvalue weighted by Gasteiger charge is -2.28. The van der Waals surface area contributed by atoms with E-state index in [1.54, 1.807) is 49.1 Å².